The number of fused-ring (bicyclic) bond motifs is 3. The first-order chi connectivity index (χ1) is 12.8. The highest BCUT2D eigenvalue weighted by molar-refractivity contribution is 5.82. The predicted molar refractivity (Wildman–Crippen MR) is 106 cm³/mol. The highest BCUT2D eigenvalue weighted by Gasteiger charge is 2.27. The van der Waals surface area contributed by atoms with E-state index in [0.29, 0.717) is 0 Å². The van der Waals surface area contributed by atoms with E-state index >= 15 is 0 Å². The Labute approximate surface area is 157 Å². The van der Waals surface area contributed by atoms with Gasteiger partial charge in [0.2, 0.25) is 0 Å². The first kappa shape index (κ1) is 17.9. The maximum Gasteiger partial charge on any atom is 0.328 e. The van der Waals surface area contributed by atoms with Crippen LogP contribution in [0.5, 0.6) is 0 Å². The Bertz CT molecular complexity index is 700. The Balaban J connectivity index is 1.59. The lowest BCUT2D eigenvalue weighted by molar-refractivity contribution is 0.323. The SMILES string of the molecule is O=c1n2c(c3n1CCN(C1=NCCCCCCC1)C3)CCCCCCC2. The summed E-state index contributed by atoms with van der Waals surface area (Å²) >= 11 is 0. The van der Waals surface area contributed by atoms with Gasteiger partial charge in [-0.3, -0.25) is 14.1 Å². The van der Waals surface area contributed by atoms with Crippen molar-refractivity contribution < 1.29 is 0 Å². The van der Waals surface area contributed by atoms with Gasteiger partial charge in [-0.1, -0.05) is 38.5 Å². The third-order valence-corrected chi connectivity index (χ3v) is 6.39. The van der Waals surface area contributed by atoms with Crippen LogP contribution in [0.2, 0.25) is 0 Å². The molecule has 5 heteroatoms. The minimum atomic E-state index is 0.243. The Morgan fingerprint density at radius 2 is 1.35 bits per heavy atom. The van der Waals surface area contributed by atoms with Crippen molar-refractivity contribution in [1.82, 2.24) is 14.0 Å². The molecule has 3 aliphatic rings. The molecule has 3 aliphatic heterocycles. The van der Waals surface area contributed by atoms with Gasteiger partial charge in [0, 0.05) is 38.3 Å². The average molecular weight is 359 g/mol. The Morgan fingerprint density at radius 3 is 2.23 bits per heavy atom. The van der Waals surface area contributed by atoms with Crippen molar-refractivity contribution in [3.8, 4) is 0 Å². The van der Waals surface area contributed by atoms with Crippen molar-refractivity contribution in [2.75, 3.05) is 13.1 Å². The van der Waals surface area contributed by atoms with Gasteiger partial charge < -0.3 is 4.90 Å². The van der Waals surface area contributed by atoms with Crippen LogP contribution >= 0.6 is 0 Å². The fourth-order valence-electron chi connectivity index (χ4n) is 4.87. The van der Waals surface area contributed by atoms with Crippen molar-refractivity contribution in [2.45, 2.75) is 96.7 Å². The number of nitrogens with zero attached hydrogens (tertiary/aromatic N) is 4. The van der Waals surface area contributed by atoms with E-state index in [4.69, 9.17) is 4.99 Å². The summed E-state index contributed by atoms with van der Waals surface area (Å²) in [7, 11) is 0. The number of rotatable bonds is 0. The molecule has 0 saturated carbocycles. The predicted octanol–water partition coefficient (Wildman–Crippen LogP) is 3.72. The first-order valence-electron chi connectivity index (χ1n) is 10.9. The van der Waals surface area contributed by atoms with Crippen LogP contribution < -0.4 is 5.69 Å². The van der Waals surface area contributed by atoms with Crippen LogP contribution in [-0.2, 0) is 26.1 Å². The number of amidine groups is 1. The van der Waals surface area contributed by atoms with Crippen LogP contribution in [0.3, 0.4) is 0 Å². The molecule has 0 bridgehead atoms. The molecule has 26 heavy (non-hydrogen) atoms. The van der Waals surface area contributed by atoms with Gasteiger partial charge in [0.05, 0.1) is 18.1 Å². The molecule has 0 aromatic carbocycles. The molecular weight excluding hydrogens is 324 g/mol. The second kappa shape index (κ2) is 8.45. The summed E-state index contributed by atoms with van der Waals surface area (Å²) in [5, 5.41) is 0. The van der Waals surface area contributed by atoms with Gasteiger partial charge >= 0.3 is 5.69 Å². The van der Waals surface area contributed by atoms with E-state index in [1.165, 1.54) is 75.0 Å². The minimum Gasteiger partial charge on any atom is -0.353 e. The van der Waals surface area contributed by atoms with Gasteiger partial charge in [0.1, 0.15) is 0 Å². The smallest absolute Gasteiger partial charge is 0.328 e. The zero-order valence-corrected chi connectivity index (χ0v) is 16.2. The van der Waals surface area contributed by atoms with E-state index in [9.17, 15) is 4.79 Å². The maximum absolute atomic E-state index is 12.9. The normalized spacial score (nSPS) is 22.6. The lowest BCUT2D eigenvalue weighted by Crippen LogP contribution is -2.41. The molecule has 1 aromatic heterocycles. The third-order valence-electron chi connectivity index (χ3n) is 6.39. The highest BCUT2D eigenvalue weighted by atomic mass is 16.1. The standard InChI is InChI=1S/C21H34N4O/c26-21-24-14-10-6-2-3-7-11-18(24)19-17-23(15-16-25(19)21)20-12-8-4-1-5-9-13-22-20/h1-17H2. The number of hydrogen-bond donors (Lipinski definition) is 0. The van der Waals surface area contributed by atoms with E-state index in [2.05, 4.69) is 14.0 Å². The molecular formula is C21H34N4O. The summed E-state index contributed by atoms with van der Waals surface area (Å²) in [6.45, 7) is 4.54. The van der Waals surface area contributed by atoms with Gasteiger partial charge in [0.25, 0.3) is 0 Å². The molecule has 0 fully saturated rings. The zero-order chi connectivity index (χ0) is 17.8. The molecule has 1 aromatic rings. The summed E-state index contributed by atoms with van der Waals surface area (Å²) < 4.78 is 4.18. The molecule has 4 rings (SSSR count). The van der Waals surface area contributed by atoms with Crippen molar-refractivity contribution in [3.63, 3.8) is 0 Å². The van der Waals surface area contributed by atoms with Gasteiger partial charge in [-0.15, -0.1) is 0 Å². The van der Waals surface area contributed by atoms with Crippen LogP contribution in [0.25, 0.3) is 0 Å². The Kier molecular flexibility index (Phi) is 5.81. The highest BCUT2D eigenvalue weighted by Crippen LogP contribution is 2.23. The third kappa shape index (κ3) is 3.77. The summed E-state index contributed by atoms with van der Waals surface area (Å²) in [5.74, 6) is 1.30. The molecule has 0 saturated heterocycles. The largest absolute Gasteiger partial charge is 0.353 e. The maximum atomic E-state index is 12.9. The molecule has 0 atom stereocenters. The quantitative estimate of drug-likeness (QED) is 0.709. The van der Waals surface area contributed by atoms with Gasteiger partial charge in [0.15, 0.2) is 0 Å². The van der Waals surface area contributed by atoms with E-state index in [1.54, 1.807) is 0 Å². The second-order valence-electron chi connectivity index (χ2n) is 8.23. The van der Waals surface area contributed by atoms with E-state index in [1.807, 2.05) is 0 Å². The number of hydrogen-bond acceptors (Lipinski definition) is 3. The summed E-state index contributed by atoms with van der Waals surface area (Å²) in [6.07, 6.45) is 14.9. The van der Waals surface area contributed by atoms with Gasteiger partial charge in [-0.2, -0.15) is 0 Å². The molecule has 0 radical (unpaired) electrons. The number of imidazole rings is 1. The van der Waals surface area contributed by atoms with Gasteiger partial charge in [-0.05, 0) is 32.1 Å². The molecule has 144 valence electrons. The summed E-state index contributed by atoms with van der Waals surface area (Å²) in [6, 6.07) is 0. The monoisotopic (exact) mass is 358 g/mol. The van der Waals surface area contributed by atoms with Crippen LogP contribution in [-0.4, -0.2) is 33.0 Å². The van der Waals surface area contributed by atoms with Crippen molar-refractivity contribution in [2.24, 2.45) is 4.99 Å². The van der Waals surface area contributed by atoms with E-state index in [0.717, 1.165) is 52.0 Å². The summed E-state index contributed by atoms with van der Waals surface area (Å²) in [5.41, 5.74) is 2.85. The molecule has 5 nitrogen and oxygen atoms in total. The van der Waals surface area contributed by atoms with E-state index in [-0.39, 0.29) is 5.69 Å². The van der Waals surface area contributed by atoms with Crippen LogP contribution in [0, 0.1) is 0 Å². The lowest BCUT2D eigenvalue weighted by Gasteiger charge is -2.31. The number of aromatic nitrogens is 2. The average Bonchev–Trinajstić information content (AvgIpc) is 3.05. The Hall–Kier alpha value is -1.52. The summed E-state index contributed by atoms with van der Waals surface area (Å²) in [4.78, 5) is 20.4. The van der Waals surface area contributed by atoms with Crippen LogP contribution in [0.15, 0.2) is 9.79 Å². The van der Waals surface area contributed by atoms with Crippen molar-refractivity contribution in [3.05, 3.63) is 21.9 Å². The fraction of sp³-hybridized carbons (Fsp3) is 0.810. The van der Waals surface area contributed by atoms with Crippen molar-refractivity contribution >= 4 is 5.84 Å². The second-order valence-corrected chi connectivity index (χ2v) is 8.23. The Morgan fingerprint density at radius 1 is 0.654 bits per heavy atom. The van der Waals surface area contributed by atoms with Crippen LogP contribution in [0.4, 0.5) is 0 Å². The zero-order valence-electron chi connectivity index (χ0n) is 16.2. The number of aliphatic imine (C=N–C) groups is 1. The van der Waals surface area contributed by atoms with Crippen LogP contribution in [0.1, 0.15) is 82.0 Å². The lowest BCUT2D eigenvalue weighted by atomic mass is 10.1. The fourth-order valence-corrected chi connectivity index (χ4v) is 4.87. The molecule has 0 unspecified atom stereocenters. The van der Waals surface area contributed by atoms with Gasteiger partial charge in [-0.25, -0.2) is 4.79 Å². The topological polar surface area (TPSA) is 42.5 Å². The molecule has 0 spiro atoms. The van der Waals surface area contributed by atoms with E-state index < -0.39 is 0 Å². The molecule has 0 N–H and O–H groups in total. The minimum absolute atomic E-state index is 0.243. The molecule has 0 aliphatic carbocycles. The van der Waals surface area contributed by atoms with Crippen molar-refractivity contribution in [1.29, 1.82) is 0 Å². The molecule has 0 amide bonds. The first-order valence-corrected chi connectivity index (χ1v) is 10.9. The molecule has 4 heterocycles.